The molecule has 0 N–H and O–H groups in total. The molecule has 3 aromatic rings. The van der Waals surface area contributed by atoms with Crippen LogP contribution in [0, 0.1) is 0 Å². The number of hydrogen-bond acceptors (Lipinski definition) is 5. The average Bonchev–Trinajstić information content (AvgIpc) is 3.31. The van der Waals surface area contributed by atoms with E-state index in [0.717, 1.165) is 32.8 Å². The van der Waals surface area contributed by atoms with E-state index in [0.29, 0.717) is 37.0 Å². The molecule has 1 aromatic heterocycles. The van der Waals surface area contributed by atoms with Crippen LogP contribution in [0.15, 0.2) is 51.1 Å². The van der Waals surface area contributed by atoms with E-state index in [2.05, 4.69) is 92.0 Å². The highest BCUT2D eigenvalue weighted by Crippen LogP contribution is 2.37. The predicted octanol–water partition coefficient (Wildman–Crippen LogP) is 7.38. The maximum Gasteiger partial charge on any atom is 0.243 e. The normalized spacial score (nSPS) is 15.4. The van der Waals surface area contributed by atoms with Crippen molar-refractivity contribution in [1.29, 1.82) is 0 Å². The quantitative estimate of drug-likeness (QED) is 0.269. The Bertz CT molecular complexity index is 1310. The molecule has 0 atom stereocenters. The molecule has 0 saturated carbocycles. The smallest absolute Gasteiger partial charge is 0.243 e. The zero-order valence-electron chi connectivity index (χ0n) is 22.7. The zero-order valence-corrected chi connectivity index (χ0v) is 25.9. The Labute approximate surface area is 235 Å². The minimum Gasteiger partial charge on any atom is -0.345 e. The van der Waals surface area contributed by atoms with E-state index in [4.69, 9.17) is 4.98 Å². The number of rotatable bonds is 8. The molecule has 0 radical (unpaired) electrons. The van der Waals surface area contributed by atoms with Crippen molar-refractivity contribution < 1.29 is 8.42 Å². The van der Waals surface area contributed by atoms with E-state index in [1.165, 1.54) is 11.1 Å². The fraction of sp³-hybridized carbons (Fsp3) is 0.483. The first-order chi connectivity index (χ1) is 17.5. The van der Waals surface area contributed by atoms with Gasteiger partial charge in [0, 0.05) is 42.5 Å². The van der Waals surface area contributed by atoms with E-state index < -0.39 is 10.0 Å². The topological polar surface area (TPSA) is 53.5 Å². The highest BCUT2D eigenvalue weighted by Gasteiger charge is 2.34. The summed E-state index contributed by atoms with van der Waals surface area (Å²) in [5.41, 5.74) is 5.34. The van der Waals surface area contributed by atoms with Crippen molar-refractivity contribution in [3.05, 3.63) is 74.2 Å². The zero-order chi connectivity index (χ0) is 26.9. The van der Waals surface area contributed by atoms with Crippen molar-refractivity contribution in [2.75, 3.05) is 31.1 Å². The number of sulfonamides is 1. The van der Waals surface area contributed by atoms with Crippen LogP contribution in [-0.4, -0.2) is 43.9 Å². The van der Waals surface area contributed by atoms with Crippen LogP contribution in [0.25, 0.3) is 0 Å². The molecule has 0 aliphatic carbocycles. The van der Waals surface area contributed by atoms with Crippen LogP contribution in [0.5, 0.6) is 0 Å². The van der Waals surface area contributed by atoms with Gasteiger partial charge in [0.1, 0.15) is 0 Å². The molecule has 0 unspecified atom stereocenters. The van der Waals surface area contributed by atoms with E-state index >= 15 is 0 Å². The third-order valence-corrected chi connectivity index (χ3v) is 10.5. The first-order valence-corrected chi connectivity index (χ1v) is 16.2. The Morgan fingerprint density at radius 3 is 2.08 bits per heavy atom. The van der Waals surface area contributed by atoms with Gasteiger partial charge in [0.2, 0.25) is 10.0 Å². The fourth-order valence-electron chi connectivity index (χ4n) is 4.82. The SMILES string of the molecule is CC(C)c1cc(C(C)C)c(S(=O)(=O)N2CCN(c3nc(Cc4cccc(Br)c4)cs3)CC2)c(C(C)C)c1. The first-order valence-electron chi connectivity index (χ1n) is 13.1. The van der Waals surface area contributed by atoms with Gasteiger partial charge in [-0.05, 0) is 52.1 Å². The summed E-state index contributed by atoms with van der Waals surface area (Å²) in [4.78, 5) is 7.61. The molecule has 1 aliphatic heterocycles. The molecule has 0 spiro atoms. The lowest BCUT2D eigenvalue weighted by atomic mass is 9.89. The highest BCUT2D eigenvalue weighted by molar-refractivity contribution is 9.10. The van der Waals surface area contributed by atoms with Gasteiger partial charge in [-0.15, -0.1) is 11.3 Å². The summed E-state index contributed by atoms with van der Waals surface area (Å²) in [5, 5.41) is 3.08. The summed E-state index contributed by atoms with van der Waals surface area (Å²) in [6.07, 6.45) is 0.784. The van der Waals surface area contributed by atoms with Crippen molar-refractivity contribution in [3.63, 3.8) is 0 Å². The van der Waals surface area contributed by atoms with Gasteiger partial charge >= 0.3 is 0 Å². The molecule has 2 heterocycles. The maximum absolute atomic E-state index is 14.1. The number of nitrogens with zero attached hydrogens (tertiary/aromatic N) is 3. The van der Waals surface area contributed by atoms with Gasteiger partial charge in [-0.25, -0.2) is 13.4 Å². The second-order valence-corrected chi connectivity index (χ2v) is 14.4. The van der Waals surface area contributed by atoms with Crippen molar-refractivity contribution >= 4 is 42.4 Å². The van der Waals surface area contributed by atoms with Crippen LogP contribution in [0.3, 0.4) is 0 Å². The minimum absolute atomic E-state index is 0.126. The molecule has 0 bridgehead atoms. The van der Waals surface area contributed by atoms with Crippen LogP contribution < -0.4 is 4.90 Å². The van der Waals surface area contributed by atoms with Gasteiger partial charge in [-0.3, -0.25) is 0 Å². The number of hydrogen-bond donors (Lipinski definition) is 0. The number of thiazole rings is 1. The Morgan fingerprint density at radius 2 is 1.54 bits per heavy atom. The summed E-state index contributed by atoms with van der Waals surface area (Å²) < 4.78 is 30.9. The summed E-state index contributed by atoms with van der Waals surface area (Å²) in [7, 11) is -3.62. The Kier molecular flexibility index (Phi) is 8.83. The van der Waals surface area contributed by atoms with Crippen molar-refractivity contribution in [2.45, 2.75) is 70.6 Å². The summed E-state index contributed by atoms with van der Waals surface area (Å²) in [6.45, 7) is 14.9. The van der Waals surface area contributed by atoms with Gasteiger partial charge in [-0.2, -0.15) is 4.31 Å². The molecular formula is C29H38BrN3O2S2. The molecule has 0 amide bonds. The third kappa shape index (κ3) is 6.29. The number of piperazine rings is 1. The van der Waals surface area contributed by atoms with Gasteiger partial charge in [0.25, 0.3) is 0 Å². The lowest BCUT2D eigenvalue weighted by Crippen LogP contribution is -2.49. The molecule has 1 saturated heterocycles. The van der Waals surface area contributed by atoms with Crippen LogP contribution in [0.4, 0.5) is 5.13 Å². The second-order valence-electron chi connectivity index (χ2n) is 10.8. The fourth-order valence-corrected chi connectivity index (χ4v) is 8.23. The predicted molar refractivity (Wildman–Crippen MR) is 159 cm³/mol. The molecule has 2 aromatic carbocycles. The molecule has 4 rings (SSSR count). The van der Waals surface area contributed by atoms with Gasteiger partial charge < -0.3 is 4.90 Å². The first kappa shape index (κ1) is 28.3. The van der Waals surface area contributed by atoms with Gasteiger partial charge in [0.05, 0.1) is 10.6 Å². The third-order valence-electron chi connectivity index (χ3n) is 7.00. The van der Waals surface area contributed by atoms with Crippen LogP contribution in [-0.2, 0) is 16.4 Å². The Balaban J connectivity index is 1.53. The summed E-state index contributed by atoms with van der Waals surface area (Å²) in [6, 6.07) is 12.5. The molecule has 1 aliphatic rings. The van der Waals surface area contributed by atoms with Gasteiger partial charge in [0.15, 0.2) is 5.13 Å². The molecule has 5 nitrogen and oxygen atoms in total. The Hall–Kier alpha value is -1.74. The molecule has 1 fully saturated rings. The molecule has 200 valence electrons. The molecule has 37 heavy (non-hydrogen) atoms. The van der Waals surface area contributed by atoms with Crippen molar-refractivity contribution in [2.24, 2.45) is 0 Å². The monoisotopic (exact) mass is 603 g/mol. The van der Waals surface area contributed by atoms with Crippen molar-refractivity contribution in [1.82, 2.24) is 9.29 Å². The van der Waals surface area contributed by atoms with Crippen molar-refractivity contribution in [3.8, 4) is 0 Å². The largest absolute Gasteiger partial charge is 0.345 e. The second kappa shape index (κ2) is 11.6. The number of halogens is 1. The van der Waals surface area contributed by atoms with Gasteiger partial charge in [-0.1, -0.05) is 81.7 Å². The van der Waals surface area contributed by atoms with E-state index in [-0.39, 0.29) is 11.8 Å². The Morgan fingerprint density at radius 1 is 0.919 bits per heavy atom. The van der Waals surface area contributed by atoms with E-state index in [1.54, 1.807) is 15.6 Å². The molecular weight excluding hydrogens is 566 g/mol. The number of anilines is 1. The maximum atomic E-state index is 14.1. The molecule has 8 heteroatoms. The van der Waals surface area contributed by atoms with Crippen LogP contribution in [0.2, 0.25) is 0 Å². The minimum atomic E-state index is -3.62. The summed E-state index contributed by atoms with van der Waals surface area (Å²) in [5.74, 6) is 0.601. The number of aromatic nitrogens is 1. The average molecular weight is 605 g/mol. The lowest BCUT2D eigenvalue weighted by Gasteiger charge is -2.35. The van der Waals surface area contributed by atoms with E-state index in [1.807, 2.05) is 12.1 Å². The van der Waals surface area contributed by atoms with Crippen LogP contribution in [0.1, 0.15) is 87.2 Å². The number of benzene rings is 2. The van der Waals surface area contributed by atoms with E-state index in [9.17, 15) is 8.42 Å². The van der Waals surface area contributed by atoms with Crippen LogP contribution >= 0.6 is 27.3 Å². The lowest BCUT2D eigenvalue weighted by molar-refractivity contribution is 0.383. The highest BCUT2D eigenvalue weighted by atomic mass is 79.9. The standard InChI is InChI=1S/C29H38BrN3O2S2/c1-19(2)23-16-26(20(3)4)28(27(17-23)21(5)6)37(34,35)33-12-10-32(11-13-33)29-31-25(18-36-29)15-22-8-7-9-24(30)14-22/h7-9,14,16-21H,10-13,15H2,1-6H3. The summed E-state index contributed by atoms with van der Waals surface area (Å²) >= 11 is 5.17.